The van der Waals surface area contributed by atoms with Crippen molar-refractivity contribution in [2.45, 2.75) is 70.0 Å². The Hall–Kier alpha value is -0.450. The number of hydrogen-bond acceptors (Lipinski definition) is 4. The van der Waals surface area contributed by atoms with Gasteiger partial charge in [0.05, 0.1) is 11.8 Å². The molecule has 4 heteroatoms. The van der Waals surface area contributed by atoms with E-state index in [1.165, 1.54) is 24.1 Å². The van der Waals surface area contributed by atoms with Crippen LogP contribution in [0.3, 0.4) is 0 Å². The highest BCUT2D eigenvalue weighted by molar-refractivity contribution is 7.11. The maximum atomic E-state index is 10.1. The highest BCUT2D eigenvalue weighted by Crippen LogP contribution is 2.45. The van der Waals surface area contributed by atoms with E-state index in [4.69, 9.17) is 9.72 Å². The molecule has 1 atom stereocenters. The minimum atomic E-state index is -0.351. The maximum Gasteiger partial charge on any atom is 0.125 e. The number of aliphatic hydroxyl groups is 1. The summed E-state index contributed by atoms with van der Waals surface area (Å²) >= 11 is 1.79. The molecule has 1 unspecified atom stereocenters. The fourth-order valence-corrected chi connectivity index (χ4v) is 4.77. The van der Waals surface area contributed by atoms with Crippen molar-refractivity contribution in [2.24, 2.45) is 0 Å². The van der Waals surface area contributed by atoms with Gasteiger partial charge in [0.15, 0.2) is 0 Å². The van der Waals surface area contributed by atoms with Gasteiger partial charge in [-0.2, -0.15) is 0 Å². The molecule has 0 aliphatic heterocycles. The Bertz CT molecular complexity index is 432. The van der Waals surface area contributed by atoms with Crippen LogP contribution in [-0.2, 0) is 16.8 Å². The number of ether oxygens (including phenoxy) is 1. The van der Waals surface area contributed by atoms with E-state index in [2.05, 4.69) is 6.92 Å². The van der Waals surface area contributed by atoms with Crippen LogP contribution in [0.2, 0.25) is 0 Å². The van der Waals surface area contributed by atoms with Gasteiger partial charge in [-0.3, -0.25) is 0 Å². The van der Waals surface area contributed by atoms with E-state index < -0.39 is 0 Å². The van der Waals surface area contributed by atoms with E-state index in [1.807, 2.05) is 0 Å². The van der Waals surface area contributed by atoms with Crippen molar-refractivity contribution < 1.29 is 9.84 Å². The molecule has 0 spiro atoms. The van der Waals surface area contributed by atoms with E-state index in [0.29, 0.717) is 0 Å². The third kappa shape index (κ3) is 2.46. The Morgan fingerprint density at radius 1 is 1.32 bits per heavy atom. The molecular weight excluding hydrogens is 258 g/mol. The van der Waals surface area contributed by atoms with Gasteiger partial charge >= 0.3 is 0 Å². The Kier molecular flexibility index (Phi) is 3.92. The van der Waals surface area contributed by atoms with Crippen molar-refractivity contribution in [3.05, 3.63) is 15.6 Å². The quantitative estimate of drug-likeness (QED) is 0.918. The number of aliphatic hydroxyl groups excluding tert-OH is 1. The lowest BCUT2D eigenvalue weighted by atomic mass is 9.85. The van der Waals surface area contributed by atoms with Gasteiger partial charge in [-0.25, -0.2) is 4.98 Å². The summed E-state index contributed by atoms with van der Waals surface area (Å²) in [6.07, 6.45) is 8.60. The highest BCUT2D eigenvalue weighted by atomic mass is 32.1. The molecule has 1 heterocycles. The Balaban J connectivity index is 1.94. The molecule has 3 nitrogen and oxygen atoms in total. The Morgan fingerprint density at radius 2 is 2.11 bits per heavy atom. The molecule has 106 valence electrons. The Morgan fingerprint density at radius 3 is 2.79 bits per heavy atom. The fourth-order valence-electron chi connectivity index (χ4n) is 3.41. The van der Waals surface area contributed by atoms with Gasteiger partial charge in [0.1, 0.15) is 10.6 Å². The summed E-state index contributed by atoms with van der Waals surface area (Å²) in [7, 11) is 0. The maximum absolute atomic E-state index is 10.1. The van der Waals surface area contributed by atoms with Crippen molar-refractivity contribution >= 4 is 11.3 Å². The molecule has 1 N–H and O–H groups in total. The monoisotopic (exact) mass is 281 g/mol. The van der Waals surface area contributed by atoms with E-state index in [9.17, 15) is 5.11 Å². The second-order valence-corrected chi connectivity index (χ2v) is 6.81. The van der Waals surface area contributed by atoms with E-state index in [-0.39, 0.29) is 11.7 Å². The van der Waals surface area contributed by atoms with Gasteiger partial charge in [0.2, 0.25) is 0 Å². The van der Waals surface area contributed by atoms with Gasteiger partial charge in [-0.15, -0.1) is 11.3 Å². The summed E-state index contributed by atoms with van der Waals surface area (Å²) in [6, 6.07) is 0. The topological polar surface area (TPSA) is 42.4 Å². The normalized spacial score (nSPS) is 26.1. The first-order chi connectivity index (χ1) is 9.25. The van der Waals surface area contributed by atoms with Crippen LogP contribution in [0.4, 0.5) is 0 Å². The molecule has 2 aliphatic rings. The summed E-state index contributed by atoms with van der Waals surface area (Å²) < 4.78 is 6.14. The minimum absolute atomic E-state index is 0.158. The average molecular weight is 281 g/mol. The van der Waals surface area contributed by atoms with Crippen LogP contribution in [-0.4, -0.2) is 16.7 Å². The lowest BCUT2D eigenvalue weighted by Gasteiger charge is -2.35. The molecule has 0 amide bonds. The zero-order chi connectivity index (χ0) is 13.3. The predicted octanol–water partition coefficient (Wildman–Crippen LogP) is 3.71. The SMILES string of the molecule is CCOC1(c2nc3c(s2)CCCC3O)CCCCC1. The van der Waals surface area contributed by atoms with Gasteiger partial charge in [0, 0.05) is 11.5 Å². The summed E-state index contributed by atoms with van der Waals surface area (Å²) in [5.41, 5.74) is 0.783. The number of nitrogens with zero attached hydrogens (tertiary/aromatic N) is 1. The smallest absolute Gasteiger partial charge is 0.125 e. The van der Waals surface area contributed by atoms with Gasteiger partial charge in [-0.05, 0) is 39.0 Å². The Labute approximate surface area is 119 Å². The van der Waals surface area contributed by atoms with Crippen molar-refractivity contribution in [1.29, 1.82) is 0 Å². The van der Waals surface area contributed by atoms with Gasteiger partial charge < -0.3 is 9.84 Å². The minimum Gasteiger partial charge on any atom is -0.387 e. The third-order valence-corrected chi connectivity index (χ3v) is 5.71. The van der Waals surface area contributed by atoms with Crippen LogP contribution in [0.1, 0.15) is 73.6 Å². The average Bonchev–Trinajstić information content (AvgIpc) is 2.86. The number of aryl methyl sites for hydroxylation is 1. The number of thiazole rings is 1. The van der Waals surface area contributed by atoms with Crippen molar-refractivity contribution in [3.63, 3.8) is 0 Å². The van der Waals surface area contributed by atoms with E-state index in [1.54, 1.807) is 11.3 Å². The molecule has 19 heavy (non-hydrogen) atoms. The second-order valence-electron chi connectivity index (χ2n) is 5.72. The van der Waals surface area contributed by atoms with Crippen LogP contribution >= 0.6 is 11.3 Å². The van der Waals surface area contributed by atoms with Crippen molar-refractivity contribution in [3.8, 4) is 0 Å². The van der Waals surface area contributed by atoms with Gasteiger partial charge in [-0.1, -0.05) is 19.3 Å². The molecule has 0 saturated heterocycles. The van der Waals surface area contributed by atoms with Crippen molar-refractivity contribution in [1.82, 2.24) is 4.98 Å². The van der Waals surface area contributed by atoms with Gasteiger partial charge in [0.25, 0.3) is 0 Å². The van der Waals surface area contributed by atoms with Crippen LogP contribution in [0, 0.1) is 0 Å². The molecule has 0 aromatic carbocycles. The molecule has 1 aromatic rings. The fraction of sp³-hybridized carbons (Fsp3) is 0.800. The summed E-state index contributed by atoms with van der Waals surface area (Å²) in [6.45, 7) is 2.81. The zero-order valence-electron chi connectivity index (χ0n) is 11.7. The van der Waals surface area contributed by atoms with Crippen LogP contribution in [0.5, 0.6) is 0 Å². The molecule has 2 aliphatic carbocycles. The molecule has 3 rings (SSSR count). The lowest BCUT2D eigenvalue weighted by Crippen LogP contribution is -2.32. The van der Waals surface area contributed by atoms with Crippen molar-refractivity contribution in [2.75, 3.05) is 6.61 Å². The number of aromatic nitrogens is 1. The summed E-state index contributed by atoms with van der Waals surface area (Å²) in [4.78, 5) is 6.08. The van der Waals surface area contributed by atoms with Crippen LogP contribution in [0.15, 0.2) is 0 Å². The lowest BCUT2D eigenvalue weighted by molar-refractivity contribution is -0.0706. The first-order valence-electron chi connectivity index (χ1n) is 7.57. The largest absolute Gasteiger partial charge is 0.387 e. The molecule has 1 fully saturated rings. The zero-order valence-corrected chi connectivity index (χ0v) is 12.5. The molecule has 0 bridgehead atoms. The number of fused-ring (bicyclic) bond motifs is 1. The van der Waals surface area contributed by atoms with E-state index >= 15 is 0 Å². The molecule has 1 aromatic heterocycles. The number of rotatable bonds is 3. The molecule has 1 saturated carbocycles. The standard InChI is InChI=1S/C15H23NO2S/c1-2-18-15(9-4-3-5-10-15)14-16-13-11(17)7-6-8-12(13)19-14/h11,17H,2-10H2,1H3. The van der Waals surface area contributed by atoms with E-state index in [0.717, 1.165) is 49.4 Å². The summed E-state index contributed by atoms with van der Waals surface area (Å²) in [5, 5.41) is 11.2. The second kappa shape index (κ2) is 5.51. The predicted molar refractivity (Wildman–Crippen MR) is 76.4 cm³/mol. The third-order valence-electron chi connectivity index (χ3n) is 4.40. The molecule has 0 radical (unpaired) electrons. The first kappa shape index (κ1) is 13.5. The number of hydrogen-bond donors (Lipinski definition) is 1. The first-order valence-corrected chi connectivity index (χ1v) is 8.39. The highest BCUT2D eigenvalue weighted by Gasteiger charge is 2.39. The van der Waals surface area contributed by atoms with Crippen LogP contribution < -0.4 is 0 Å². The molecular formula is C15H23NO2S. The summed E-state index contributed by atoms with van der Waals surface area (Å²) in [5.74, 6) is 0. The van der Waals surface area contributed by atoms with Crippen LogP contribution in [0.25, 0.3) is 0 Å².